The third-order valence-corrected chi connectivity index (χ3v) is 6.00. The van der Waals surface area contributed by atoms with Gasteiger partial charge in [-0.2, -0.15) is 0 Å². The highest BCUT2D eigenvalue weighted by atomic mass is 32.2. The summed E-state index contributed by atoms with van der Waals surface area (Å²) >= 11 is 6.92. The van der Waals surface area contributed by atoms with Crippen LogP contribution in [0.5, 0.6) is 0 Å². The number of rotatable bonds is 2. The summed E-state index contributed by atoms with van der Waals surface area (Å²) in [6.07, 6.45) is 4.15. The zero-order valence-electron chi connectivity index (χ0n) is 8.66. The average molecular weight is 296 g/mol. The molecule has 0 N–H and O–H groups in total. The molecule has 0 saturated heterocycles. The Bertz CT molecular complexity index is 470. The predicted molar refractivity (Wildman–Crippen MR) is 83.3 cm³/mol. The molecule has 1 aromatic heterocycles. The van der Waals surface area contributed by atoms with Crippen LogP contribution in [0.1, 0.15) is 11.5 Å². The van der Waals surface area contributed by atoms with Crippen molar-refractivity contribution in [3.05, 3.63) is 53.8 Å². The summed E-state index contributed by atoms with van der Waals surface area (Å²) < 4.78 is 8.25. The smallest absolute Gasteiger partial charge is 0.129 e. The zero-order chi connectivity index (χ0) is 11.5. The molecule has 3 heterocycles. The minimum Gasteiger partial charge on any atom is -0.457 e. The molecular formula is C12H8OS4. The molecule has 86 valence electrons. The molecule has 0 aromatic carbocycles. The van der Waals surface area contributed by atoms with Gasteiger partial charge in [0.15, 0.2) is 0 Å². The first-order chi connectivity index (χ1) is 8.40. The van der Waals surface area contributed by atoms with Crippen molar-refractivity contribution >= 4 is 59.2 Å². The summed E-state index contributed by atoms with van der Waals surface area (Å²) in [6, 6.07) is 4.02. The maximum Gasteiger partial charge on any atom is 0.129 e. The second-order valence-electron chi connectivity index (χ2n) is 3.18. The van der Waals surface area contributed by atoms with E-state index in [1.165, 1.54) is 8.47 Å². The van der Waals surface area contributed by atoms with E-state index in [2.05, 4.69) is 33.8 Å². The number of furan rings is 1. The van der Waals surface area contributed by atoms with Gasteiger partial charge in [0.05, 0.1) is 8.47 Å². The largest absolute Gasteiger partial charge is 0.457 e. The topological polar surface area (TPSA) is 13.1 Å². The highest BCUT2D eigenvalue weighted by Crippen LogP contribution is 2.40. The molecule has 0 atom stereocenters. The van der Waals surface area contributed by atoms with E-state index in [1.807, 2.05) is 12.1 Å². The summed E-state index contributed by atoms with van der Waals surface area (Å²) in [4.78, 5) is 0. The summed E-state index contributed by atoms with van der Waals surface area (Å²) in [6.45, 7) is 0. The first kappa shape index (κ1) is 11.7. The van der Waals surface area contributed by atoms with Crippen LogP contribution in [0, 0.1) is 0 Å². The van der Waals surface area contributed by atoms with Crippen molar-refractivity contribution in [1.82, 2.24) is 0 Å². The SMILES string of the molecule is C1=CSC(=Cc2ccc(C=C3SC=CS3)o2)S1. The zero-order valence-corrected chi connectivity index (χ0v) is 11.9. The van der Waals surface area contributed by atoms with Crippen LogP contribution in [0.25, 0.3) is 12.2 Å². The Kier molecular flexibility index (Phi) is 3.80. The molecule has 0 bridgehead atoms. The van der Waals surface area contributed by atoms with Crippen LogP contribution in [-0.4, -0.2) is 0 Å². The van der Waals surface area contributed by atoms with Gasteiger partial charge in [-0.3, -0.25) is 0 Å². The summed E-state index contributed by atoms with van der Waals surface area (Å²) in [5.74, 6) is 1.83. The van der Waals surface area contributed by atoms with E-state index in [4.69, 9.17) is 4.42 Å². The highest BCUT2D eigenvalue weighted by Gasteiger charge is 2.06. The third kappa shape index (κ3) is 3.10. The lowest BCUT2D eigenvalue weighted by Crippen LogP contribution is -1.65. The fourth-order valence-corrected chi connectivity index (χ4v) is 4.60. The van der Waals surface area contributed by atoms with Gasteiger partial charge in [0, 0.05) is 12.2 Å². The quantitative estimate of drug-likeness (QED) is 0.684. The van der Waals surface area contributed by atoms with E-state index in [1.54, 1.807) is 47.0 Å². The van der Waals surface area contributed by atoms with Crippen molar-refractivity contribution in [3.8, 4) is 0 Å². The lowest BCUT2D eigenvalue weighted by atomic mass is 10.4. The molecule has 0 radical (unpaired) electrons. The Morgan fingerprint density at radius 1 is 0.706 bits per heavy atom. The van der Waals surface area contributed by atoms with Crippen molar-refractivity contribution in [1.29, 1.82) is 0 Å². The van der Waals surface area contributed by atoms with Gasteiger partial charge >= 0.3 is 0 Å². The van der Waals surface area contributed by atoms with E-state index in [-0.39, 0.29) is 0 Å². The molecule has 0 unspecified atom stereocenters. The minimum atomic E-state index is 0.913. The van der Waals surface area contributed by atoms with E-state index in [9.17, 15) is 0 Å². The van der Waals surface area contributed by atoms with Crippen LogP contribution in [0.3, 0.4) is 0 Å². The van der Waals surface area contributed by atoms with E-state index in [0.717, 1.165) is 11.5 Å². The van der Waals surface area contributed by atoms with E-state index in [0.29, 0.717) is 0 Å². The normalized spacial score (nSPS) is 18.1. The molecule has 0 spiro atoms. The van der Waals surface area contributed by atoms with E-state index >= 15 is 0 Å². The first-order valence-electron chi connectivity index (χ1n) is 4.90. The Balaban J connectivity index is 1.74. The molecule has 0 fully saturated rings. The second-order valence-corrected chi connectivity index (χ2v) is 7.49. The predicted octanol–water partition coefficient (Wildman–Crippen LogP) is 5.78. The van der Waals surface area contributed by atoms with Crippen LogP contribution >= 0.6 is 47.0 Å². The fraction of sp³-hybridized carbons (Fsp3) is 0. The Morgan fingerprint density at radius 3 is 1.53 bits per heavy atom. The maximum atomic E-state index is 5.75. The fourth-order valence-electron chi connectivity index (χ4n) is 1.33. The maximum absolute atomic E-state index is 5.75. The third-order valence-electron chi connectivity index (χ3n) is 2.02. The van der Waals surface area contributed by atoms with Gasteiger partial charge in [-0.15, -0.1) is 0 Å². The van der Waals surface area contributed by atoms with Crippen LogP contribution in [0.4, 0.5) is 0 Å². The van der Waals surface area contributed by atoms with E-state index < -0.39 is 0 Å². The Morgan fingerprint density at radius 2 is 1.12 bits per heavy atom. The van der Waals surface area contributed by atoms with Crippen LogP contribution in [0.2, 0.25) is 0 Å². The van der Waals surface area contributed by atoms with Gasteiger partial charge in [-0.05, 0) is 33.8 Å². The van der Waals surface area contributed by atoms with Gasteiger partial charge < -0.3 is 4.42 Å². The monoisotopic (exact) mass is 296 g/mol. The molecule has 3 rings (SSSR count). The standard InChI is InChI=1S/C12H8OS4/c1-2-10(8-12-16-5-6-17-12)13-9(1)7-11-14-3-4-15-11/h1-8H. The highest BCUT2D eigenvalue weighted by molar-refractivity contribution is 8.28. The average Bonchev–Trinajstić information content (AvgIpc) is 3.02. The van der Waals surface area contributed by atoms with Crippen molar-refractivity contribution in [2.24, 2.45) is 0 Å². The second kappa shape index (κ2) is 5.52. The number of hydrogen-bond donors (Lipinski definition) is 0. The van der Waals surface area contributed by atoms with Gasteiger partial charge in [0.1, 0.15) is 11.5 Å². The molecule has 1 nitrogen and oxygen atoms in total. The van der Waals surface area contributed by atoms with Crippen LogP contribution in [0.15, 0.2) is 46.7 Å². The molecule has 17 heavy (non-hydrogen) atoms. The minimum absolute atomic E-state index is 0.913. The molecule has 1 aromatic rings. The van der Waals surface area contributed by atoms with Gasteiger partial charge in [0.2, 0.25) is 0 Å². The van der Waals surface area contributed by atoms with Gasteiger partial charge in [-0.1, -0.05) is 47.0 Å². The van der Waals surface area contributed by atoms with Crippen LogP contribution < -0.4 is 0 Å². The number of thioether (sulfide) groups is 4. The van der Waals surface area contributed by atoms with Crippen molar-refractivity contribution in [2.75, 3.05) is 0 Å². The lowest BCUT2D eigenvalue weighted by molar-refractivity contribution is 0.547. The van der Waals surface area contributed by atoms with Gasteiger partial charge in [0.25, 0.3) is 0 Å². The molecule has 0 aliphatic carbocycles. The molecule has 2 aliphatic heterocycles. The summed E-state index contributed by atoms with van der Waals surface area (Å²) in [5, 5.41) is 8.33. The molecular weight excluding hydrogens is 288 g/mol. The van der Waals surface area contributed by atoms with Crippen LogP contribution in [-0.2, 0) is 0 Å². The van der Waals surface area contributed by atoms with Crippen molar-refractivity contribution in [2.45, 2.75) is 0 Å². The molecule has 0 amide bonds. The van der Waals surface area contributed by atoms with Crippen molar-refractivity contribution in [3.63, 3.8) is 0 Å². The van der Waals surface area contributed by atoms with Gasteiger partial charge in [-0.25, -0.2) is 0 Å². The Hall–Kier alpha value is -0.360. The summed E-state index contributed by atoms with van der Waals surface area (Å²) in [5.41, 5.74) is 0. The molecule has 5 heteroatoms. The first-order valence-corrected chi connectivity index (χ1v) is 8.42. The number of hydrogen-bond acceptors (Lipinski definition) is 5. The summed E-state index contributed by atoms with van der Waals surface area (Å²) in [7, 11) is 0. The van der Waals surface area contributed by atoms with Crippen molar-refractivity contribution < 1.29 is 4.42 Å². The molecule has 0 saturated carbocycles. The lowest BCUT2D eigenvalue weighted by Gasteiger charge is -1.93. The Labute approximate surface area is 117 Å². The molecule has 2 aliphatic rings.